The zero-order chi connectivity index (χ0) is 22.3. The van der Waals surface area contributed by atoms with Crippen LogP contribution in [-0.4, -0.2) is 47.3 Å². The lowest BCUT2D eigenvalue weighted by molar-refractivity contribution is -0.140. The number of hydrogen-bond donors (Lipinski definition) is 2. The molecular formula is C22H30N4O4. The van der Waals surface area contributed by atoms with Crippen molar-refractivity contribution in [3.05, 3.63) is 46.8 Å². The van der Waals surface area contributed by atoms with Crippen LogP contribution in [0.4, 0.5) is 0 Å². The molecule has 2 aromatic rings. The van der Waals surface area contributed by atoms with Crippen LogP contribution in [0.3, 0.4) is 0 Å². The molecule has 0 radical (unpaired) electrons. The van der Waals surface area contributed by atoms with Crippen molar-refractivity contribution >= 4 is 17.8 Å². The van der Waals surface area contributed by atoms with E-state index in [4.69, 9.17) is 4.74 Å². The van der Waals surface area contributed by atoms with E-state index >= 15 is 0 Å². The molecule has 1 heterocycles. The van der Waals surface area contributed by atoms with Crippen molar-refractivity contribution in [2.24, 2.45) is 0 Å². The second-order valence-electron chi connectivity index (χ2n) is 7.17. The Morgan fingerprint density at radius 1 is 1.17 bits per heavy atom. The van der Waals surface area contributed by atoms with Crippen molar-refractivity contribution in [2.45, 2.75) is 53.0 Å². The zero-order valence-electron chi connectivity index (χ0n) is 18.2. The maximum atomic E-state index is 12.4. The summed E-state index contributed by atoms with van der Waals surface area (Å²) in [7, 11) is 1.38. The van der Waals surface area contributed by atoms with Crippen molar-refractivity contribution in [2.75, 3.05) is 13.7 Å². The average molecular weight is 415 g/mol. The largest absolute Gasteiger partial charge is 0.469 e. The minimum absolute atomic E-state index is 0.205. The minimum Gasteiger partial charge on any atom is -0.469 e. The van der Waals surface area contributed by atoms with Crippen LogP contribution in [0, 0.1) is 13.8 Å². The summed E-state index contributed by atoms with van der Waals surface area (Å²) in [5, 5.41) is 10.0. The first-order valence-electron chi connectivity index (χ1n) is 10.1. The molecule has 1 aromatic carbocycles. The molecule has 0 unspecified atom stereocenters. The maximum Gasteiger partial charge on any atom is 0.305 e. The summed E-state index contributed by atoms with van der Waals surface area (Å²) >= 11 is 0. The lowest BCUT2D eigenvalue weighted by atomic mass is 10.1. The van der Waals surface area contributed by atoms with Gasteiger partial charge in [-0.3, -0.25) is 14.4 Å². The Balaban J connectivity index is 2.09. The maximum absolute atomic E-state index is 12.4. The Morgan fingerprint density at radius 2 is 1.83 bits per heavy atom. The molecule has 2 N–H and O–H groups in total. The van der Waals surface area contributed by atoms with Gasteiger partial charge in [0, 0.05) is 24.2 Å². The number of aromatic nitrogens is 2. The Hall–Kier alpha value is -3.16. The number of ether oxygens (including phenoxy) is 1. The predicted octanol–water partition coefficient (Wildman–Crippen LogP) is 2.24. The number of carbonyl (C=O) groups is 3. The molecule has 0 saturated carbocycles. The molecule has 0 aliphatic carbocycles. The summed E-state index contributed by atoms with van der Waals surface area (Å²) in [6.45, 7) is 8.06. The number of esters is 1. The number of amides is 2. The number of nitrogens with zero attached hydrogens (tertiary/aromatic N) is 2. The van der Waals surface area contributed by atoms with Crippen molar-refractivity contribution < 1.29 is 19.1 Å². The zero-order valence-corrected chi connectivity index (χ0v) is 18.2. The Labute approximate surface area is 177 Å². The summed E-state index contributed by atoms with van der Waals surface area (Å²) in [5.74, 6) is -0.772. The van der Waals surface area contributed by atoms with Crippen molar-refractivity contribution in [1.29, 1.82) is 0 Å². The van der Waals surface area contributed by atoms with E-state index in [-0.39, 0.29) is 17.8 Å². The van der Waals surface area contributed by atoms with Crippen LogP contribution in [0.5, 0.6) is 0 Å². The fraction of sp³-hybridized carbons (Fsp3) is 0.455. The summed E-state index contributed by atoms with van der Waals surface area (Å²) in [6, 6.07) is 6.40. The van der Waals surface area contributed by atoms with Crippen LogP contribution < -0.4 is 10.6 Å². The van der Waals surface area contributed by atoms with E-state index in [0.717, 1.165) is 29.1 Å². The molecule has 0 bridgehead atoms. The van der Waals surface area contributed by atoms with Gasteiger partial charge in [-0.15, -0.1) is 0 Å². The number of carbonyl (C=O) groups excluding carboxylic acids is 3. The van der Waals surface area contributed by atoms with E-state index in [2.05, 4.69) is 15.7 Å². The molecule has 0 spiro atoms. The molecule has 2 amide bonds. The van der Waals surface area contributed by atoms with Crippen molar-refractivity contribution in [3.8, 4) is 5.69 Å². The first-order chi connectivity index (χ1) is 14.3. The Morgan fingerprint density at radius 3 is 2.43 bits per heavy atom. The smallest absolute Gasteiger partial charge is 0.305 e. The van der Waals surface area contributed by atoms with E-state index in [1.54, 1.807) is 35.9 Å². The van der Waals surface area contributed by atoms with Gasteiger partial charge in [0.1, 0.15) is 6.04 Å². The fourth-order valence-electron chi connectivity index (χ4n) is 3.12. The average Bonchev–Trinajstić information content (AvgIpc) is 3.03. The lowest BCUT2D eigenvalue weighted by Gasteiger charge is -2.14. The number of aryl methyl sites for hydroxylation is 1. The van der Waals surface area contributed by atoms with Gasteiger partial charge in [-0.1, -0.05) is 6.92 Å². The molecule has 30 heavy (non-hydrogen) atoms. The quantitative estimate of drug-likeness (QED) is 0.613. The molecular weight excluding hydrogens is 384 g/mol. The van der Waals surface area contributed by atoms with Gasteiger partial charge < -0.3 is 15.4 Å². The standard InChI is InChI=1S/C22H30N4O4/c1-6-13-23-21(28)15(3)24-22(29)17-7-9-18(10-8-17)26-16(4)19(14(2)25-26)11-12-20(27)30-5/h7-10,15H,6,11-13H2,1-5H3,(H,23,28)(H,24,29)/t15-/m0/s1. The molecule has 0 aliphatic heterocycles. The SMILES string of the molecule is CCCNC(=O)[C@H](C)NC(=O)c1ccc(-n2nc(C)c(CCC(=O)OC)c2C)cc1. The van der Waals surface area contributed by atoms with Gasteiger partial charge >= 0.3 is 5.97 Å². The fourth-order valence-corrected chi connectivity index (χ4v) is 3.12. The topological polar surface area (TPSA) is 102 Å². The number of nitrogens with one attached hydrogen (secondary N) is 2. The summed E-state index contributed by atoms with van der Waals surface area (Å²) in [4.78, 5) is 35.8. The monoisotopic (exact) mass is 414 g/mol. The number of methoxy groups -OCH3 is 1. The normalized spacial score (nSPS) is 11.6. The van der Waals surface area contributed by atoms with Gasteiger partial charge in [-0.25, -0.2) is 4.68 Å². The van der Waals surface area contributed by atoms with Crippen LogP contribution in [0.15, 0.2) is 24.3 Å². The van der Waals surface area contributed by atoms with E-state index in [1.807, 2.05) is 20.8 Å². The third kappa shape index (κ3) is 5.68. The highest BCUT2D eigenvalue weighted by Gasteiger charge is 2.17. The predicted molar refractivity (Wildman–Crippen MR) is 114 cm³/mol. The van der Waals surface area contributed by atoms with Gasteiger partial charge in [-0.2, -0.15) is 5.10 Å². The first-order valence-corrected chi connectivity index (χ1v) is 10.1. The number of rotatable bonds is 9. The van der Waals surface area contributed by atoms with Gasteiger partial charge in [0.2, 0.25) is 5.91 Å². The third-order valence-corrected chi connectivity index (χ3v) is 4.91. The number of benzene rings is 1. The Kier molecular flexibility index (Phi) is 8.15. The summed E-state index contributed by atoms with van der Waals surface area (Å²) in [5.41, 5.74) is 4.07. The lowest BCUT2D eigenvalue weighted by Crippen LogP contribution is -2.45. The van der Waals surface area contributed by atoms with Gasteiger partial charge in [-0.05, 0) is 63.4 Å². The first kappa shape index (κ1) is 23.1. The third-order valence-electron chi connectivity index (χ3n) is 4.91. The van der Waals surface area contributed by atoms with Crippen molar-refractivity contribution in [3.63, 3.8) is 0 Å². The van der Waals surface area contributed by atoms with Crippen LogP contribution in [0.25, 0.3) is 5.69 Å². The van der Waals surface area contributed by atoms with Crippen molar-refractivity contribution in [1.82, 2.24) is 20.4 Å². The van der Waals surface area contributed by atoms with E-state index < -0.39 is 6.04 Å². The second-order valence-corrected chi connectivity index (χ2v) is 7.17. The molecule has 8 nitrogen and oxygen atoms in total. The molecule has 0 fully saturated rings. The molecule has 2 rings (SSSR count). The molecule has 1 aromatic heterocycles. The van der Waals surface area contributed by atoms with E-state index in [9.17, 15) is 14.4 Å². The minimum atomic E-state index is -0.614. The van der Waals surface area contributed by atoms with Gasteiger partial charge in [0.25, 0.3) is 5.91 Å². The van der Waals surface area contributed by atoms with Crippen LogP contribution in [0.1, 0.15) is 54.0 Å². The molecule has 162 valence electrons. The van der Waals surface area contributed by atoms with E-state index in [0.29, 0.717) is 24.9 Å². The number of hydrogen-bond acceptors (Lipinski definition) is 5. The second kappa shape index (κ2) is 10.6. The van der Waals surface area contributed by atoms with Crippen LogP contribution in [-0.2, 0) is 20.7 Å². The summed E-state index contributed by atoms with van der Waals surface area (Å²) < 4.78 is 6.51. The van der Waals surface area contributed by atoms with Gasteiger partial charge in [0.15, 0.2) is 0 Å². The van der Waals surface area contributed by atoms with E-state index in [1.165, 1.54) is 7.11 Å². The molecule has 0 saturated heterocycles. The summed E-state index contributed by atoms with van der Waals surface area (Å²) in [6.07, 6.45) is 1.69. The van der Waals surface area contributed by atoms with Crippen LogP contribution in [0.2, 0.25) is 0 Å². The Bertz CT molecular complexity index is 903. The molecule has 0 aliphatic rings. The molecule has 1 atom stereocenters. The highest BCUT2D eigenvalue weighted by molar-refractivity contribution is 5.97. The highest BCUT2D eigenvalue weighted by atomic mass is 16.5. The van der Waals surface area contributed by atoms with Gasteiger partial charge in [0.05, 0.1) is 18.5 Å². The molecule has 8 heteroatoms. The van der Waals surface area contributed by atoms with Crippen LogP contribution >= 0.6 is 0 Å². The highest BCUT2D eigenvalue weighted by Crippen LogP contribution is 2.20.